The van der Waals surface area contributed by atoms with Crippen LogP contribution < -0.4 is 5.32 Å². The molecule has 3 atom stereocenters. The van der Waals surface area contributed by atoms with E-state index in [-0.39, 0.29) is 12.0 Å². The van der Waals surface area contributed by atoms with E-state index in [0.717, 1.165) is 0 Å². The van der Waals surface area contributed by atoms with Crippen molar-refractivity contribution < 1.29 is 9.53 Å². The summed E-state index contributed by atoms with van der Waals surface area (Å²) in [5, 5.41) is 3.27. The lowest BCUT2D eigenvalue weighted by Crippen LogP contribution is -2.42. The zero-order valence-electron chi connectivity index (χ0n) is 6.67. The molecule has 2 bridgehead atoms. The van der Waals surface area contributed by atoms with Crippen molar-refractivity contribution in [3.63, 3.8) is 0 Å². The fourth-order valence-electron chi connectivity index (χ4n) is 2.25. The van der Waals surface area contributed by atoms with Crippen LogP contribution in [0.5, 0.6) is 0 Å². The third-order valence-electron chi connectivity index (χ3n) is 2.81. The van der Waals surface area contributed by atoms with E-state index in [4.69, 9.17) is 0 Å². The predicted octanol–water partition coefficient (Wildman–Crippen LogP) is 0.300. The maximum atomic E-state index is 11.1. The fraction of sp³-hybridized carbons (Fsp3) is 0.875. The van der Waals surface area contributed by atoms with Crippen molar-refractivity contribution in [2.75, 3.05) is 7.11 Å². The van der Waals surface area contributed by atoms with Gasteiger partial charge in [-0.05, 0) is 25.2 Å². The number of carbonyl (C=O) groups excluding carboxylic acids is 1. The number of ether oxygens (including phenoxy) is 1. The summed E-state index contributed by atoms with van der Waals surface area (Å²) in [4.78, 5) is 11.1. The molecule has 0 radical (unpaired) electrons. The van der Waals surface area contributed by atoms with E-state index in [1.165, 1.54) is 26.4 Å². The van der Waals surface area contributed by atoms with E-state index in [0.29, 0.717) is 12.0 Å². The molecule has 1 aliphatic carbocycles. The average Bonchev–Trinajstić information content (AvgIpc) is 2.62. The highest BCUT2D eigenvalue weighted by Crippen LogP contribution is 2.35. The fourth-order valence-corrected chi connectivity index (χ4v) is 2.25. The molecule has 0 amide bonds. The molecular weight excluding hydrogens is 142 g/mol. The summed E-state index contributed by atoms with van der Waals surface area (Å²) in [6.07, 6.45) is 3.59. The Hall–Kier alpha value is -0.570. The highest BCUT2D eigenvalue weighted by molar-refractivity contribution is 5.76. The smallest absolute Gasteiger partial charge is 0.323 e. The summed E-state index contributed by atoms with van der Waals surface area (Å²) in [5.74, 6) is 0.463. The molecule has 0 aromatic rings. The minimum atomic E-state index is -0.0859. The van der Waals surface area contributed by atoms with Crippen LogP contribution in [0.4, 0.5) is 0 Å². The summed E-state index contributed by atoms with van der Waals surface area (Å²) >= 11 is 0. The number of hydrogen-bond donors (Lipinski definition) is 1. The Bertz CT molecular complexity index is 181. The van der Waals surface area contributed by atoms with Crippen molar-refractivity contribution in [1.82, 2.24) is 5.32 Å². The van der Waals surface area contributed by atoms with Gasteiger partial charge in [-0.25, -0.2) is 0 Å². The Balaban J connectivity index is 2.02. The Kier molecular flexibility index (Phi) is 1.60. The number of piperidine rings is 1. The molecule has 1 N–H and O–H groups in total. The molecular formula is C8H13NO2. The Morgan fingerprint density at radius 3 is 2.82 bits per heavy atom. The largest absolute Gasteiger partial charge is 0.468 e. The molecule has 1 saturated heterocycles. The maximum absolute atomic E-state index is 11.1. The third-order valence-corrected chi connectivity index (χ3v) is 2.81. The van der Waals surface area contributed by atoms with Gasteiger partial charge < -0.3 is 10.1 Å². The van der Waals surface area contributed by atoms with E-state index in [2.05, 4.69) is 10.1 Å². The zero-order chi connectivity index (χ0) is 7.84. The van der Waals surface area contributed by atoms with Gasteiger partial charge in [0.05, 0.1) is 7.11 Å². The lowest BCUT2D eigenvalue weighted by Gasteiger charge is -2.20. The van der Waals surface area contributed by atoms with E-state index in [1.54, 1.807) is 0 Å². The van der Waals surface area contributed by atoms with Gasteiger partial charge in [0.2, 0.25) is 0 Å². The molecule has 2 fully saturated rings. The summed E-state index contributed by atoms with van der Waals surface area (Å²) in [6.45, 7) is 0. The number of carbonyl (C=O) groups is 1. The van der Waals surface area contributed by atoms with Gasteiger partial charge in [0.15, 0.2) is 0 Å². The van der Waals surface area contributed by atoms with Crippen LogP contribution in [0.25, 0.3) is 0 Å². The van der Waals surface area contributed by atoms with Crippen molar-refractivity contribution in [2.45, 2.75) is 31.3 Å². The van der Waals surface area contributed by atoms with Gasteiger partial charge in [-0.3, -0.25) is 4.79 Å². The minimum absolute atomic E-state index is 0.00116. The van der Waals surface area contributed by atoms with E-state index < -0.39 is 0 Å². The van der Waals surface area contributed by atoms with Gasteiger partial charge in [-0.2, -0.15) is 0 Å². The first-order valence-electron chi connectivity index (χ1n) is 4.15. The van der Waals surface area contributed by atoms with Crippen LogP contribution >= 0.6 is 0 Å². The molecule has 62 valence electrons. The van der Waals surface area contributed by atoms with Crippen LogP contribution in [0.15, 0.2) is 0 Å². The first kappa shape index (κ1) is 7.10. The molecule has 11 heavy (non-hydrogen) atoms. The summed E-state index contributed by atoms with van der Waals surface area (Å²) in [6, 6.07) is 0.586. The van der Waals surface area contributed by atoms with Gasteiger partial charge in [0.1, 0.15) is 6.04 Å². The van der Waals surface area contributed by atoms with Gasteiger partial charge in [0, 0.05) is 6.04 Å². The van der Waals surface area contributed by atoms with Crippen molar-refractivity contribution >= 4 is 5.97 Å². The van der Waals surface area contributed by atoms with Crippen molar-refractivity contribution in [1.29, 1.82) is 0 Å². The van der Waals surface area contributed by atoms with Gasteiger partial charge >= 0.3 is 5.97 Å². The Morgan fingerprint density at radius 1 is 1.55 bits per heavy atom. The molecule has 2 aliphatic rings. The van der Waals surface area contributed by atoms with Crippen LogP contribution in [0.2, 0.25) is 0 Å². The van der Waals surface area contributed by atoms with Crippen LogP contribution in [-0.4, -0.2) is 25.2 Å². The molecule has 3 nitrogen and oxygen atoms in total. The second-order valence-electron chi connectivity index (χ2n) is 3.44. The number of esters is 1. The van der Waals surface area contributed by atoms with E-state index in [1.807, 2.05) is 0 Å². The third kappa shape index (κ3) is 1.03. The average molecular weight is 155 g/mol. The molecule has 0 unspecified atom stereocenters. The lowest BCUT2D eigenvalue weighted by molar-refractivity contribution is -0.144. The second kappa shape index (κ2) is 2.48. The van der Waals surface area contributed by atoms with E-state index >= 15 is 0 Å². The van der Waals surface area contributed by atoms with Crippen molar-refractivity contribution in [3.8, 4) is 0 Å². The normalized spacial score (nSPS) is 41.0. The SMILES string of the molecule is COC(=O)[C@H]1N[C@@H]2CC[C@H]1C2. The van der Waals surface area contributed by atoms with Gasteiger partial charge in [0.25, 0.3) is 0 Å². The number of rotatable bonds is 1. The van der Waals surface area contributed by atoms with Crippen LogP contribution in [-0.2, 0) is 9.53 Å². The van der Waals surface area contributed by atoms with E-state index in [9.17, 15) is 4.79 Å². The second-order valence-corrected chi connectivity index (χ2v) is 3.44. The number of methoxy groups -OCH3 is 1. The molecule has 3 heteroatoms. The molecule has 0 aromatic heterocycles. The molecule has 0 aromatic carbocycles. The first-order chi connectivity index (χ1) is 5.31. The minimum Gasteiger partial charge on any atom is -0.468 e. The molecule has 1 saturated carbocycles. The van der Waals surface area contributed by atoms with Crippen LogP contribution in [0.1, 0.15) is 19.3 Å². The Labute approximate surface area is 66.1 Å². The molecule has 0 spiro atoms. The van der Waals surface area contributed by atoms with Gasteiger partial charge in [-0.15, -0.1) is 0 Å². The highest BCUT2D eigenvalue weighted by atomic mass is 16.5. The lowest BCUT2D eigenvalue weighted by atomic mass is 10.0. The van der Waals surface area contributed by atoms with Gasteiger partial charge in [-0.1, -0.05) is 0 Å². The Morgan fingerprint density at radius 2 is 2.36 bits per heavy atom. The summed E-state index contributed by atoms with van der Waals surface area (Å²) in [5.41, 5.74) is 0. The maximum Gasteiger partial charge on any atom is 0.323 e. The zero-order valence-corrected chi connectivity index (χ0v) is 6.67. The quantitative estimate of drug-likeness (QED) is 0.553. The first-order valence-corrected chi connectivity index (χ1v) is 4.15. The number of nitrogens with one attached hydrogen (secondary N) is 1. The topological polar surface area (TPSA) is 38.3 Å². The van der Waals surface area contributed by atoms with Crippen LogP contribution in [0.3, 0.4) is 0 Å². The van der Waals surface area contributed by atoms with Crippen LogP contribution in [0, 0.1) is 5.92 Å². The monoisotopic (exact) mass is 155 g/mol. The molecule has 1 heterocycles. The number of fused-ring (bicyclic) bond motifs is 2. The van der Waals surface area contributed by atoms with Crippen molar-refractivity contribution in [2.24, 2.45) is 5.92 Å². The summed E-state index contributed by atoms with van der Waals surface area (Å²) < 4.78 is 4.69. The number of hydrogen-bond acceptors (Lipinski definition) is 3. The van der Waals surface area contributed by atoms with Crippen molar-refractivity contribution in [3.05, 3.63) is 0 Å². The highest BCUT2D eigenvalue weighted by Gasteiger charge is 2.43. The predicted molar refractivity (Wildman–Crippen MR) is 40.1 cm³/mol. The standard InChI is InChI=1S/C8H13NO2/c1-11-8(10)7-5-2-3-6(4-5)9-7/h5-7,9H,2-4H2,1H3/t5-,6+,7-/m0/s1. The molecule has 1 aliphatic heterocycles. The summed E-state index contributed by atoms with van der Waals surface area (Å²) in [7, 11) is 1.45. The molecule has 2 rings (SSSR count).